The Kier molecular flexibility index (Phi) is 4.26. The minimum absolute atomic E-state index is 0.0665. The highest BCUT2D eigenvalue weighted by atomic mass is 35.5. The number of aromatic nitrogens is 1. The van der Waals surface area contributed by atoms with Crippen LogP contribution in [0.5, 0.6) is 11.5 Å². The number of hydrogen-bond acceptors (Lipinski definition) is 5. The van der Waals surface area contributed by atoms with Crippen molar-refractivity contribution in [2.24, 2.45) is 0 Å². The van der Waals surface area contributed by atoms with Crippen LogP contribution in [0.25, 0.3) is 0 Å². The smallest absolute Gasteiger partial charge is 0.231 e. The van der Waals surface area contributed by atoms with Gasteiger partial charge in [0, 0.05) is 11.9 Å². The zero-order valence-electron chi connectivity index (χ0n) is 11.1. The number of fused-ring (bicyclic) bond motifs is 1. The molecule has 0 unspecified atom stereocenters. The number of carbonyl (C=O) groups is 1. The van der Waals surface area contributed by atoms with Crippen LogP contribution in [0.2, 0.25) is 0 Å². The van der Waals surface area contributed by atoms with E-state index in [2.05, 4.69) is 10.3 Å². The number of hydrogen-bond donors (Lipinski definition) is 1. The average Bonchev–Trinajstić information content (AvgIpc) is 3.13. The Labute approximate surface area is 130 Å². The molecule has 0 aliphatic carbocycles. The molecule has 0 saturated heterocycles. The summed E-state index contributed by atoms with van der Waals surface area (Å²) in [5, 5.41) is 5.50. The molecule has 1 aromatic heterocycles. The third-order valence-corrected chi connectivity index (χ3v) is 4.15. The molecule has 0 bridgehead atoms. The molecule has 0 fully saturated rings. The first kappa shape index (κ1) is 14.2. The van der Waals surface area contributed by atoms with Gasteiger partial charge in [0.25, 0.3) is 0 Å². The second-order valence-corrected chi connectivity index (χ2v) is 5.72. The Hall–Kier alpha value is -1.79. The number of halogens is 1. The van der Waals surface area contributed by atoms with Crippen molar-refractivity contribution >= 4 is 28.8 Å². The predicted octanol–water partition coefficient (Wildman–Crippen LogP) is 2.47. The number of carbonyl (C=O) groups excluding carboxylic acids is 1. The zero-order valence-corrected chi connectivity index (χ0v) is 12.7. The van der Waals surface area contributed by atoms with E-state index in [4.69, 9.17) is 21.1 Å². The molecule has 3 rings (SSSR count). The fraction of sp³-hybridized carbons (Fsp3) is 0.286. The quantitative estimate of drug-likeness (QED) is 0.858. The van der Waals surface area contributed by atoms with E-state index in [0.717, 1.165) is 22.0 Å². The summed E-state index contributed by atoms with van der Waals surface area (Å²) >= 11 is 7.13. The van der Waals surface area contributed by atoms with Crippen molar-refractivity contribution in [3.63, 3.8) is 0 Å². The summed E-state index contributed by atoms with van der Waals surface area (Å²) < 4.78 is 10.5. The van der Waals surface area contributed by atoms with E-state index in [-0.39, 0.29) is 19.1 Å². The molecule has 1 aliphatic rings. The number of rotatable bonds is 5. The first-order valence-electron chi connectivity index (χ1n) is 6.39. The van der Waals surface area contributed by atoms with Crippen LogP contribution in [-0.4, -0.2) is 17.7 Å². The normalized spacial score (nSPS) is 12.4. The van der Waals surface area contributed by atoms with Crippen LogP contribution in [0.15, 0.2) is 23.6 Å². The Morgan fingerprint density at radius 2 is 2.24 bits per heavy atom. The lowest BCUT2D eigenvalue weighted by atomic mass is 10.2. The summed E-state index contributed by atoms with van der Waals surface area (Å²) in [6, 6.07) is 5.62. The van der Waals surface area contributed by atoms with Gasteiger partial charge in [-0.3, -0.25) is 4.79 Å². The summed E-state index contributed by atoms with van der Waals surface area (Å²) in [6.07, 6.45) is 0.270. The van der Waals surface area contributed by atoms with Gasteiger partial charge in [-0.2, -0.15) is 0 Å². The van der Waals surface area contributed by atoms with Gasteiger partial charge < -0.3 is 14.8 Å². The van der Waals surface area contributed by atoms with Crippen LogP contribution in [0.1, 0.15) is 16.3 Å². The number of benzene rings is 1. The van der Waals surface area contributed by atoms with Gasteiger partial charge in [0.2, 0.25) is 12.7 Å². The van der Waals surface area contributed by atoms with Crippen LogP contribution in [0.3, 0.4) is 0 Å². The summed E-state index contributed by atoms with van der Waals surface area (Å²) in [4.78, 5) is 16.1. The summed E-state index contributed by atoms with van der Waals surface area (Å²) in [5.41, 5.74) is 1.77. The molecule has 2 heterocycles. The molecular weight excluding hydrogens is 312 g/mol. The van der Waals surface area contributed by atoms with Gasteiger partial charge in [-0.15, -0.1) is 22.9 Å². The maximum Gasteiger partial charge on any atom is 0.231 e. The number of ether oxygens (including phenoxy) is 2. The zero-order chi connectivity index (χ0) is 14.7. The van der Waals surface area contributed by atoms with Gasteiger partial charge in [-0.1, -0.05) is 6.07 Å². The predicted molar refractivity (Wildman–Crippen MR) is 79.8 cm³/mol. The second-order valence-electron chi connectivity index (χ2n) is 4.51. The summed E-state index contributed by atoms with van der Waals surface area (Å²) in [6.45, 7) is 0.696. The SMILES string of the molecule is O=C(Cc1nc(CCl)cs1)NCc1ccc2c(c1)OCO2. The van der Waals surface area contributed by atoms with Crippen LogP contribution in [0.4, 0.5) is 0 Å². The highest BCUT2D eigenvalue weighted by molar-refractivity contribution is 7.09. The molecular formula is C14H13ClN2O3S. The van der Waals surface area contributed by atoms with E-state index in [1.807, 2.05) is 23.6 Å². The number of nitrogens with one attached hydrogen (secondary N) is 1. The maximum atomic E-state index is 11.9. The Morgan fingerprint density at radius 3 is 3.05 bits per heavy atom. The first-order valence-corrected chi connectivity index (χ1v) is 7.80. The molecule has 0 atom stereocenters. The standard InChI is InChI=1S/C14H13ClN2O3S/c15-5-10-7-21-14(17-10)4-13(18)16-6-9-1-2-11-12(3-9)20-8-19-11/h1-3,7H,4-6,8H2,(H,16,18). The molecule has 1 N–H and O–H groups in total. The van der Waals surface area contributed by atoms with Crippen molar-refractivity contribution in [2.75, 3.05) is 6.79 Å². The van der Waals surface area contributed by atoms with Gasteiger partial charge in [0.05, 0.1) is 18.0 Å². The molecule has 0 radical (unpaired) electrons. The van der Waals surface area contributed by atoms with Crippen LogP contribution < -0.4 is 14.8 Å². The minimum Gasteiger partial charge on any atom is -0.454 e. The van der Waals surface area contributed by atoms with Gasteiger partial charge >= 0.3 is 0 Å². The number of alkyl halides is 1. The Bertz CT molecular complexity index is 659. The van der Waals surface area contributed by atoms with E-state index in [9.17, 15) is 4.79 Å². The molecule has 21 heavy (non-hydrogen) atoms. The molecule has 1 aromatic carbocycles. The van der Waals surface area contributed by atoms with Crippen molar-refractivity contribution < 1.29 is 14.3 Å². The van der Waals surface area contributed by atoms with Gasteiger partial charge in [0.1, 0.15) is 5.01 Å². The Balaban J connectivity index is 1.53. The molecule has 2 aromatic rings. The maximum absolute atomic E-state index is 11.9. The van der Waals surface area contributed by atoms with Crippen LogP contribution in [0, 0.1) is 0 Å². The fourth-order valence-electron chi connectivity index (χ4n) is 1.94. The highest BCUT2D eigenvalue weighted by Gasteiger charge is 2.13. The van der Waals surface area contributed by atoms with Gasteiger partial charge in [-0.05, 0) is 17.7 Å². The van der Waals surface area contributed by atoms with Gasteiger partial charge in [-0.25, -0.2) is 4.98 Å². The lowest BCUT2D eigenvalue weighted by molar-refractivity contribution is -0.120. The molecule has 0 saturated carbocycles. The number of thiazole rings is 1. The molecule has 7 heteroatoms. The second kappa shape index (κ2) is 6.32. The average molecular weight is 325 g/mol. The lowest BCUT2D eigenvalue weighted by Crippen LogP contribution is -2.24. The van der Waals surface area contributed by atoms with Crippen molar-refractivity contribution in [2.45, 2.75) is 18.8 Å². The van der Waals surface area contributed by atoms with Crippen LogP contribution in [-0.2, 0) is 23.6 Å². The van der Waals surface area contributed by atoms with Crippen LogP contribution >= 0.6 is 22.9 Å². The highest BCUT2D eigenvalue weighted by Crippen LogP contribution is 2.32. The first-order chi connectivity index (χ1) is 10.2. The summed E-state index contributed by atoms with van der Waals surface area (Å²) in [7, 11) is 0. The molecule has 5 nitrogen and oxygen atoms in total. The monoisotopic (exact) mass is 324 g/mol. The van der Waals surface area contributed by atoms with Crippen molar-refractivity contribution in [1.82, 2.24) is 10.3 Å². The number of amides is 1. The van der Waals surface area contributed by atoms with Gasteiger partial charge in [0.15, 0.2) is 11.5 Å². The van der Waals surface area contributed by atoms with Crippen molar-refractivity contribution in [1.29, 1.82) is 0 Å². The molecule has 110 valence electrons. The topological polar surface area (TPSA) is 60.5 Å². The van der Waals surface area contributed by atoms with E-state index in [1.54, 1.807) is 0 Å². The van der Waals surface area contributed by atoms with E-state index in [1.165, 1.54) is 11.3 Å². The third-order valence-electron chi connectivity index (χ3n) is 2.97. The lowest BCUT2D eigenvalue weighted by Gasteiger charge is -2.05. The molecule has 1 amide bonds. The Morgan fingerprint density at radius 1 is 1.38 bits per heavy atom. The molecule has 1 aliphatic heterocycles. The molecule has 0 spiro atoms. The summed E-state index contributed by atoms with van der Waals surface area (Å²) in [5.74, 6) is 1.76. The van der Waals surface area contributed by atoms with Crippen molar-refractivity contribution in [3.8, 4) is 11.5 Å². The third kappa shape index (κ3) is 3.46. The van der Waals surface area contributed by atoms with Crippen molar-refractivity contribution in [3.05, 3.63) is 39.8 Å². The minimum atomic E-state index is -0.0665. The van der Waals surface area contributed by atoms with E-state index in [0.29, 0.717) is 18.2 Å². The van der Waals surface area contributed by atoms with E-state index < -0.39 is 0 Å². The number of nitrogens with zero attached hydrogens (tertiary/aromatic N) is 1. The largest absolute Gasteiger partial charge is 0.454 e. The fourth-order valence-corrected chi connectivity index (χ4v) is 2.96. The van der Waals surface area contributed by atoms with E-state index >= 15 is 0 Å².